The van der Waals surface area contributed by atoms with Crippen LogP contribution in [-0.4, -0.2) is 37.0 Å². The van der Waals surface area contributed by atoms with Gasteiger partial charge >= 0.3 is 19.5 Å². The summed E-state index contributed by atoms with van der Waals surface area (Å²) in [6.45, 7) is 8.64. The lowest BCUT2D eigenvalue weighted by atomic mass is 10.0. The van der Waals surface area contributed by atoms with Crippen LogP contribution in [0, 0.1) is 6.92 Å². The Balaban J connectivity index is 2.61. The van der Waals surface area contributed by atoms with Crippen LogP contribution in [0.1, 0.15) is 56.0 Å². The van der Waals surface area contributed by atoms with Crippen molar-refractivity contribution in [1.29, 1.82) is 0 Å². The second-order valence-corrected chi connectivity index (χ2v) is 9.34. The van der Waals surface area contributed by atoms with E-state index in [1.807, 2.05) is 0 Å². The maximum absolute atomic E-state index is 13.7. The molecule has 0 aliphatic carbocycles. The van der Waals surface area contributed by atoms with E-state index < -0.39 is 30.4 Å². The number of thioether (sulfide) groups is 1. The van der Waals surface area contributed by atoms with Crippen LogP contribution in [0.25, 0.3) is 0 Å². The molecule has 1 aromatic heterocycles. The highest BCUT2D eigenvalue weighted by molar-refractivity contribution is 8.00. The van der Waals surface area contributed by atoms with Gasteiger partial charge in [0.05, 0.1) is 25.6 Å². The number of aryl methyl sites for hydroxylation is 1. The van der Waals surface area contributed by atoms with E-state index in [0.717, 1.165) is 0 Å². The van der Waals surface area contributed by atoms with Gasteiger partial charge in [-0.05, 0) is 27.7 Å². The molecule has 2 heterocycles. The first kappa shape index (κ1) is 23.0. The van der Waals surface area contributed by atoms with E-state index in [1.54, 1.807) is 27.7 Å². The molecule has 0 aromatic carbocycles. The predicted octanol–water partition coefficient (Wildman–Crippen LogP) is 4.14. The first-order valence-electron chi connectivity index (χ1n) is 9.20. The van der Waals surface area contributed by atoms with E-state index in [9.17, 15) is 14.2 Å². The van der Waals surface area contributed by atoms with Crippen LogP contribution in [0.15, 0.2) is 4.42 Å². The summed E-state index contributed by atoms with van der Waals surface area (Å²) >= 11 is 1.28. The summed E-state index contributed by atoms with van der Waals surface area (Å²) in [5, 5.41) is -0.788. The minimum absolute atomic E-state index is 0.0467. The summed E-state index contributed by atoms with van der Waals surface area (Å²) in [6, 6.07) is 0. The lowest BCUT2D eigenvalue weighted by molar-refractivity contribution is -0.143. The molecule has 2 atom stereocenters. The number of furan rings is 1. The van der Waals surface area contributed by atoms with Gasteiger partial charge in [-0.2, -0.15) is 0 Å². The van der Waals surface area contributed by atoms with Gasteiger partial charge in [0.2, 0.25) is 0 Å². The SMILES string of the molecule is CCOC(=O)C1SCc2oc(C)c(COC(C)=O)c2C1P(=O)(OCC)OCC. The zero-order valence-corrected chi connectivity index (χ0v) is 18.5. The Hall–Kier alpha value is -1.28. The molecule has 0 radical (unpaired) electrons. The van der Waals surface area contributed by atoms with Crippen molar-refractivity contribution in [1.82, 2.24) is 0 Å². The van der Waals surface area contributed by atoms with E-state index in [1.165, 1.54) is 18.7 Å². The molecule has 158 valence electrons. The Labute approximate surface area is 169 Å². The van der Waals surface area contributed by atoms with E-state index >= 15 is 0 Å². The number of hydrogen-bond donors (Lipinski definition) is 0. The zero-order valence-electron chi connectivity index (χ0n) is 16.8. The van der Waals surface area contributed by atoms with E-state index in [-0.39, 0.29) is 26.4 Å². The van der Waals surface area contributed by atoms with Crippen LogP contribution >= 0.6 is 19.4 Å². The van der Waals surface area contributed by atoms with Crippen LogP contribution in [0.3, 0.4) is 0 Å². The minimum atomic E-state index is -3.74. The summed E-state index contributed by atoms with van der Waals surface area (Å²) in [6.07, 6.45) is 0. The summed E-state index contributed by atoms with van der Waals surface area (Å²) in [7, 11) is -3.74. The molecule has 0 N–H and O–H groups in total. The lowest BCUT2D eigenvalue weighted by Crippen LogP contribution is -2.32. The fourth-order valence-corrected chi connectivity index (χ4v) is 7.13. The fraction of sp³-hybridized carbons (Fsp3) is 0.667. The molecule has 0 fully saturated rings. The van der Waals surface area contributed by atoms with Crippen molar-refractivity contribution in [2.24, 2.45) is 0 Å². The summed E-state index contributed by atoms with van der Waals surface area (Å²) < 4.78 is 41.1. The molecule has 8 nitrogen and oxygen atoms in total. The number of carbonyl (C=O) groups excluding carboxylic acids is 2. The highest BCUT2D eigenvalue weighted by Gasteiger charge is 2.52. The first-order chi connectivity index (χ1) is 13.3. The second-order valence-electron chi connectivity index (χ2n) is 6.06. The normalized spacial score (nSPS) is 19.2. The van der Waals surface area contributed by atoms with Crippen LogP contribution in [-0.2, 0) is 45.0 Å². The van der Waals surface area contributed by atoms with Gasteiger partial charge in [-0.25, -0.2) is 0 Å². The molecule has 2 unspecified atom stereocenters. The van der Waals surface area contributed by atoms with Crippen molar-refractivity contribution >= 4 is 31.3 Å². The third-order valence-corrected chi connectivity index (χ3v) is 8.13. The second kappa shape index (κ2) is 9.96. The van der Waals surface area contributed by atoms with Crippen LogP contribution in [0.4, 0.5) is 0 Å². The first-order valence-corrected chi connectivity index (χ1v) is 11.9. The largest absolute Gasteiger partial charge is 0.465 e. The van der Waals surface area contributed by atoms with Gasteiger partial charge in [0.1, 0.15) is 29.0 Å². The molecule has 1 aliphatic rings. The molecule has 0 spiro atoms. The monoisotopic (exact) mass is 434 g/mol. The Bertz CT molecular complexity index is 749. The van der Waals surface area contributed by atoms with Crippen molar-refractivity contribution in [3.05, 3.63) is 22.6 Å². The molecule has 1 aromatic rings. The number of hydrogen-bond acceptors (Lipinski definition) is 9. The standard InChI is InChI=1S/C18H27O8PS/c1-6-22-18(20)17-16(27(21,24-7-2)25-8-3)15-13(9-23-12(5)19)11(4)26-14(15)10-28-17/h16-17H,6-10H2,1-5H3. The zero-order chi connectivity index (χ0) is 20.9. The Morgan fingerprint density at radius 3 is 2.32 bits per heavy atom. The average Bonchev–Trinajstić information content (AvgIpc) is 2.94. The van der Waals surface area contributed by atoms with Gasteiger partial charge in [0.15, 0.2) is 0 Å². The van der Waals surface area contributed by atoms with Crippen molar-refractivity contribution in [3.63, 3.8) is 0 Å². The maximum atomic E-state index is 13.7. The summed E-state index contributed by atoms with van der Waals surface area (Å²) in [5.41, 5.74) is 0.230. The Morgan fingerprint density at radius 2 is 1.79 bits per heavy atom. The molecule has 28 heavy (non-hydrogen) atoms. The third-order valence-electron chi connectivity index (χ3n) is 4.20. The topological polar surface area (TPSA) is 101 Å². The van der Waals surface area contributed by atoms with Crippen molar-refractivity contribution in [2.45, 2.75) is 57.9 Å². The highest BCUT2D eigenvalue weighted by atomic mass is 32.2. The molecule has 10 heteroatoms. The lowest BCUT2D eigenvalue weighted by Gasteiger charge is -2.34. The van der Waals surface area contributed by atoms with Gasteiger partial charge in [0, 0.05) is 18.1 Å². The molecule has 1 aliphatic heterocycles. The van der Waals surface area contributed by atoms with E-state index in [4.69, 9.17) is 22.9 Å². The summed E-state index contributed by atoms with van der Waals surface area (Å²) in [5.74, 6) is 0.584. The van der Waals surface area contributed by atoms with Crippen LogP contribution in [0.5, 0.6) is 0 Å². The molecular formula is C18H27O8PS. The van der Waals surface area contributed by atoms with Gasteiger partial charge in [0.25, 0.3) is 0 Å². The van der Waals surface area contributed by atoms with E-state index in [0.29, 0.717) is 28.4 Å². The van der Waals surface area contributed by atoms with Crippen molar-refractivity contribution < 1.29 is 37.1 Å². The van der Waals surface area contributed by atoms with Crippen LogP contribution < -0.4 is 0 Å². The molecule has 2 rings (SSSR count). The fourth-order valence-electron chi connectivity index (χ4n) is 3.17. The Kier molecular flexibility index (Phi) is 8.18. The van der Waals surface area contributed by atoms with Gasteiger partial charge < -0.3 is 22.9 Å². The number of fused-ring (bicyclic) bond motifs is 1. The predicted molar refractivity (Wildman–Crippen MR) is 104 cm³/mol. The number of carbonyl (C=O) groups is 2. The van der Waals surface area contributed by atoms with Gasteiger partial charge in [-0.3, -0.25) is 14.2 Å². The average molecular weight is 434 g/mol. The van der Waals surface area contributed by atoms with Gasteiger partial charge in [-0.15, -0.1) is 11.8 Å². The molecule has 0 bridgehead atoms. The molecular weight excluding hydrogens is 407 g/mol. The Morgan fingerprint density at radius 1 is 1.14 bits per heavy atom. The quantitative estimate of drug-likeness (QED) is 0.419. The van der Waals surface area contributed by atoms with Crippen LogP contribution in [0.2, 0.25) is 0 Å². The van der Waals surface area contributed by atoms with E-state index in [2.05, 4.69) is 0 Å². The van der Waals surface area contributed by atoms with Crippen molar-refractivity contribution in [3.8, 4) is 0 Å². The molecule has 0 amide bonds. The maximum Gasteiger partial charge on any atom is 0.339 e. The molecule has 0 saturated heterocycles. The summed E-state index contributed by atoms with van der Waals surface area (Å²) in [4.78, 5) is 24.0. The third kappa shape index (κ3) is 4.82. The minimum Gasteiger partial charge on any atom is -0.465 e. The van der Waals surface area contributed by atoms with Crippen molar-refractivity contribution in [2.75, 3.05) is 19.8 Å². The number of ether oxygens (including phenoxy) is 2. The highest BCUT2D eigenvalue weighted by Crippen LogP contribution is 2.67. The number of rotatable bonds is 9. The van der Waals surface area contributed by atoms with Gasteiger partial charge in [-0.1, -0.05) is 0 Å². The number of esters is 2. The molecule has 0 saturated carbocycles. The smallest absolute Gasteiger partial charge is 0.339 e.